The molecule has 0 saturated heterocycles. The third-order valence-electron chi connectivity index (χ3n) is 3.82. The molecular weight excluding hydrogens is 228 g/mol. The van der Waals surface area contributed by atoms with Crippen LogP contribution in [0.4, 0.5) is 0 Å². The van der Waals surface area contributed by atoms with Gasteiger partial charge in [0.05, 0.1) is 12.5 Å². The predicted molar refractivity (Wildman–Crippen MR) is 73.3 cm³/mol. The molecule has 4 heteroatoms. The van der Waals surface area contributed by atoms with Crippen molar-refractivity contribution in [2.45, 2.75) is 57.5 Å². The summed E-state index contributed by atoms with van der Waals surface area (Å²) in [5.41, 5.74) is 5.50. The molecular formula is C14H28N2O2. The fourth-order valence-corrected chi connectivity index (χ4v) is 2.54. The molecule has 18 heavy (non-hydrogen) atoms. The first-order chi connectivity index (χ1) is 8.76. The summed E-state index contributed by atoms with van der Waals surface area (Å²) in [4.78, 5) is 11.7. The Bertz CT molecular complexity index is 222. The van der Waals surface area contributed by atoms with Crippen molar-refractivity contribution >= 4 is 5.91 Å². The van der Waals surface area contributed by atoms with E-state index < -0.39 is 0 Å². The van der Waals surface area contributed by atoms with E-state index in [4.69, 9.17) is 10.5 Å². The maximum absolute atomic E-state index is 11.7. The molecule has 0 bridgehead atoms. The number of carbonyl (C=O) groups is 1. The second-order valence-electron chi connectivity index (χ2n) is 5.31. The second kappa shape index (κ2) is 9.34. The van der Waals surface area contributed by atoms with Crippen molar-refractivity contribution in [1.82, 2.24) is 5.32 Å². The number of nitrogens with one attached hydrogen (secondary N) is 1. The zero-order valence-corrected chi connectivity index (χ0v) is 11.6. The molecule has 1 aliphatic carbocycles. The van der Waals surface area contributed by atoms with Crippen molar-refractivity contribution in [3.8, 4) is 0 Å². The monoisotopic (exact) mass is 256 g/mol. The largest absolute Gasteiger partial charge is 0.380 e. The summed E-state index contributed by atoms with van der Waals surface area (Å²) in [6.07, 6.45) is 9.43. The number of hydrogen-bond acceptors (Lipinski definition) is 3. The third-order valence-corrected chi connectivity index (χ3v) is 3.82. The van der Waals surface area contributed by atoms with Crippen molar-refractivity contribution in [2.24, 2.45) is 11.7 Å². The third kappa shape index (κ3) is 6.36. The molecule has 1 fully saturated rings. The molecule has 1 atom stereocenters. The molecule has 1 amide bonds. The fourth-order valence-electron chi connectivity index (χ4n) is 2.54. The van der Waals surface area contributed by atoms with Gasteiger partial charge in [-0.3, -0.25) is 4.79 Å². The Kier molecular flexibility index (Phi) is 8.01. The number of carbonyl (C=O) groups excluding carboxylic acids is 1. The van der Waals surface area contributed by atoms with Gasteiger partial charge in [0.1, 0.15) is 0 Å². The highest BCUT2D eigenvalue weighted by Gasteiger charge is 2.15. The summed E-state index contributed by atoms with van der Waals surface area (Å²) in [7, 11) is 1.60. The quantitative estimate of drug-likeness (QED) is 0.762. The average Bonchev–Trinajstić information content (AvgIpc) is 2.34. The molecule has 0 radical (unpaired) electrons. The number of ether oxygens (including phenoxy) is 1. The molecule has 0 aromatic carbocycles. The standard InChI is InChI=1S/C14H28N2O2/c1-18-13(10-15)9-14(17)16-11-12-7-5-3-2-4-6-8-12/h12-13H,2-11,15H2,1H3,(H,16,17). The van der Waals surface area contributed by atoms with E-state index in [1.807, 2.05) is 0 Å². The van der Waals surface area contributed by atoms with Gasteiger partial charge >= 0.3 is 0 Å². The van der Waals surface area contributed by atoms with Gasteiger partial charge in [0.15, 0.2) is 0 Å². The highest BCUT2D eigenvalue weighted by molar-refractivity contribution is 5.76. The van der Waals surface area contributed by atoms with Gasteiger partial charge in [0.2, 0.25) is 5.91 Å². The van der Waals surface area contributed by atoms with Crippen molar-refractivity contribution in [1.29, 1.82) is 0 Å². The van der Waals surface area contributed by atoms with E-state index in [9.17, 15) is 4.79 Å². The van der Waals surface area contributed by atoms with Crippen LogP contribution in [0, 0.1) is 5.92 Å². The van der Waals surface area contributed by atoms with Crippen LogP contribution in [0.25, 0.3) is 0 Å². The molecule has 0 aromatic rings. The molecule has 1 unspecified atom stereocenters. The number of hydrogen-bond donors (Lipinski definition) is 2. The summed E-state index contributed by atoms with van der Waals surface area (Å²) in [6, 6.07) is 0. The summed E-state index contributed by atoms with van der Waals surface area (Å²) in [5, 5.41) is 3.03. The minimum absolute atomic E-state index is 0.0642. The van der Waals surface area contributed by atoms with Crippen LogP contribution in [-0.2, 0) is 9.53 Å². The van der Waals surface area contributed by atoms with Gasteiger partial charge in [0.25, 0.3) is 0 Å². The van der Waals surface area contributed by atoms with E-state index in [2.05, 4.69) is 5.32 Å². The molecule has 0 spiro atoms. The number of rotatable bonds is 6. The lowest BCUT2D eigenvalue weighted by Crippen LogP contribution is -2.34. The van der Waals surface area contributed by atoms with Crippen LogP contribution in [0.2, 0.25) is 0 Å². The Labute approximate surface area is 111 Å². The fraction of sp³-hybridized carbons (Fsp3) is 0.929. The van der Waals surface area contributed by atoms with Crippen molar-refractivity contribution in [2.75, 3.05) is 20.2 Å². The van der Waals surface area contributed by atoms with Crippen LogP contribution >= 0.6 is 0 Å². The normalized spacial score (nSPS) is 19.9. The molecule has 0 aromatic heterocycles. The van der Waals surface area contributed by atoms with E-state index in [-0.39, 0.29) is 12.0 Å². The maximum Gasteiger partial charge on any atom is 0.222 e. The molecule has 106 valence electrons. The Balaban J connectivity index is 2.19. The molecule has 4 nitrogen and oxygen atoms in total. The molecule has 0 heterocycles. The van der Waals surface area contributed by atoms with Crippen molar-refractivity contribution in [3.05, 3.63) is 0 Å². The Hall–Kier alpha value is -0.610. The molecule has 1 rings (SSSR count). The predicted octanol–water partition coefficient (Wildman–Crippen LogP) is 1.83. The average molecular weight is 256 g/mol. The first kappa shape index (κ1) is 15.4. The van der Waals surface area contributed by atoms with Crippen LogP contribution in [0.3, 0.4) is 0 Å². The first-order valence-corrected chi connectivity index (χ1v) is 7.25. The van der Waals surface area contributed by atoms with Gasteiger partial charge < -0.3 is 15.8 Å². The van der Waals surface area contributed by atoms with E-state index in [1.165, 1.54) is 44.9 Å². The van der Waals surface area contributed by atoms with Crippen LogP contribution in [-0.4, -0.2) is 32.2 Å². The maximum atomic E-state index is 11.7. The summed E-state index contributed by atoms with van der Waals surface area (Å²) in [6.45, 7) is 1.22. The van der Waals surface area contributed by atoms with E-state index in [1.54, 1.807) is 7.11 Å². The Morgan fingerprint density at radius 1 is 1.28 bits per heavy atom. The van der Waals surface area contributed by atoms with Crippen LogP contribution < -0.4 is 11.1 Å². The summed E-state index contributed by atoms with van der Waals surface area (Å²) < 4.78 is 5.11. The van der Waals surface area contributed by atoms with Gasteiger partial charge in [-0.2, -0.15) is 0 Å². The van der Waals surface area contributed by atoms with Crippen molar-refractivity contribution in [3.63, 3.8) is 0 Å². The molecule has 1 aliphatic rings. The number of nitrogens with two attached hydrogens (primary N) is 1. The highest BCUT2D eigenvalue weighted by atomic mass is 16.5. The lowest BCUT2D eigenvalue weighted by atomic mass is 9.91. The Morgan fingerprint density at radius 2 is 1.89 bits per heavy atom. The Morgan fingerprint density at radius 3 is 2.44 bits per heavy atom. The zero-order valence-electron chi connectivity index (χ0n) is 11.6. The van der Waals surface area contributed by atoms with Crippen LogP contribution in [0.1, 0.15) is 51.4 Å². The molecule has 3 N–H and O–H groups in total. The summed E-state index contributed by atoms with van der Waals surface area (Å²) in [5.74, 6) is 0.725. The number of amides is 1. The topological polar surface area (TPSA) is 64.3 Å². The van der Waals surface area contributed by atoms with Crippen LogP contribution in [0.5, 0.6) is 0 Å². The van der Waals surface area contributed by atoms with Crippen LogP contribution in [0.15, 0.2) is 0 Å². The van der Waals surface area contributed by atoms with E-state index >= 15 is 0 Å². The van der Waals surface area contributed by atoms with E-state index in [0.29, 0.717) is 18.9 Å². The summed E-state index contributed by atoms with van der Waals surface area (Å²) >= 11 is 0. The van der Waals surface area contributed by atoms with Gasteiger partial charge in [-0.1, -0.05) is 32.1 Å². The van der Waals surface area contributed by atoms with Gasteiger partial charge in [-0.15, -0.1) is 0 Å². The number of methoxy groups -OCH3 is 1. The SMILES string of the molecule is COC(CN)CC(=O)NCC1CCCCCCC1. The first-order valence-electron chi connectivity index (χ1n) is 7.25. The molecule has 0 aliphatic heterocycles. The highest BCUT2D eigenvalue weighted by Crippen LogP contribution is 2.21. The van der Waals surface area contributed by atoms with Crippen molar-refractivity contribution < 1.29 is 9.53 Å². The molecule has 1 saturated carbocycles. The van der Waals surface area contributed by atoms with Gasteiger partial charge in [0, 0.05) is 20.2 Å². The lowest BCUT2D eigenvalue weighted by Gasteiger charge is -2.20. The minimum atomic E-state index is -0.151. The van der Waals surface area contributed by atoms with E-state index in [0.717, 1.165) is 6.54 Å². The van der Waals surface area contributed by atoms with Gasteiger partial charge in [-0.25, -0.2) is 0 Å². The second-order valence-corrected chi connectivity index (χ2v) is 5.31. The minimum Gasteiger partial charge on any atom is -0.380 e. The zero-order chi connectivity index (χ0) is 13.2. The van der Waals surface area contributed by atoms with Gasteiger partial charge in [-0.05, 0) is 18.8 Å². The smallest absolute Gasteiger partial charge is 0.222 e. The lowest BCUT2D eigenvalue weighted by molar-refractivity contribution is -0.123.